The Hall–Kier alpha value is 3.08. The Labute approximate surface area is 568 Å². The van der Waals surface area contributed by atoms with E-state index in [0.29, 0.717) is 16.2 Å². The van der Waals surface area contributed by atoms with Crippen LogP contribution in [0.2, 0.25) is 0 Å². The summed E-state index contributed by atoms with van der Waals surface area (Å²) in [6.45, 7) is 74.7. The number of rotatable bonds is 17. The quantitative estimate of drug-likeness (QED) is 0.136. The Bertz CT molecular complexity index is 783. The molecule has 0 spiro atoms. The summed E-state index contributed by atoms with van der Waals surface area (Å²) in [4.78, 5) is 0. The predicted octanol–water partition coefficient (Wildman–Crippen LogP) is 26.0. The fraction of sp³-hybridized carbons (Fsp3) is 1.00. The molecule has 0 fully saturated rings. The van der Waals surface area contributed by atoms with Crippen molar-refractivity contribution >= 4 is 157 Å². The summed E-state index contributed by atoms with van der Waals surface area (Å²) >= 11 is 51.3. The Morgan fingerprint density at radius 3 is 0.506 bits per heavy atom. The minimum Gasteiger partial charge on any atom is -0.0776 e. The molecule has 77 heavy (non-hydrogen) atoms. The van der Waals surface area contributed by atoms with Gasteiger partial charge in [0.2, 0.25) is 0 Å². The summed E-state index contributed by atoms with van der Waals surface area (Å²) in [7, 11) is 0. The lowest BCUT2D eigenvalue weighted by molar-refractivity contribution is 0.215. The van der Waals surface area contributed by atoms with E-state index in [0.717, 1.165) is 53.3 Å². The summed E-state index contributed by atoms with van der Waals surface area (Å²) in [5, 5.41) is 0. The summed E-state index contributed by atoms with van der Waals surface area (Å²) in [6.07, 6.45) is 18.4. The summed E-state index contributed by atoms with van der Waals surface area (Å²) in [5.41, 5.74) is 1.68. The Kier molecular flexibility index (Phi) is 225. The van der Waals surface area contributed by atoms with Crippen molar-refractivity contribution in [2.45, 2.75) is 348 Å². The molecule has 0 aliphatic carbocycles. The first-order valence-electron chi connectivity index (χ1n) is 28.0. The van der Waals surface area contributed by atoms with E-state index in [1.807, 2.05) is 0 Å². The van der Waals surface area contributed by atoms with Crippen LogP contribution in [-0.2, 0) is 157 Å². The van der Waals surface area contributed by atoms with Crippen LogP contribution in [0.25, 0.3) is 0 Å². The zero-order valence-corrected chi connectivity index (χ0v) is 66.7. The van der Waals surface area contributed by atoms with Crippen LogP contribution in [0.15, 0.2) is 0 Å². The molecule has 4 atom stereocenters. The Balaban J connectivity index is -0.0000000256. The summed E-state index contributed by atoms with van der Waals surface area (Å²) < 4.78 is 0. The van der Waals surface area contributed by atoms with Gasteiger partial charge in [-0.25, -0.2) is 0 Å². The standard InChI is InChI=1S/C9H20.2C8H18.2C7H16.C6H14.2C5H12.C4H10.4CH4.7S2/c1-6-8(3)9(4,5)7-2;1-6-8(4,5)7(2)3;1-5-7(3)8(4)6-2;1-5-7(3,4)6-2;1-5-7(4)6(2)3;1-4-6(3)5-2;2*1-4-5(2)3;1-3-4-2;;;;;7*1-2/h8H,6-7H2,1-5H3;7H,6H2,1-5H3;7-8H,5-6H2,1-4H3;5-6H2,1-4H3;6-7H,5H2,1-4H3;6H,4-5H2,1-3H3;2*5H,4H2,1-3H3;3-4H2,1-2H3;4*1H4;;;;;;;. The van der Waals surface area contributed by atoms with Crippen LogP contribution in [0.4, 0.5) is 0 Å². The molecule has 0 amide bonds. The van der Waals surface area contributed by atoms with E-state index in [2.05, 4.69) is 385 Å². The maximum absolute atomic E-state index is 3.67. The fourth-order valence-corrected chi connectivity index (χ4v) is 3.12. The molecule has 0 radical (unpaired) electrons. The highest BCUT2D eigenvalue weighted by atomic mass is 32.8. The Morgan fingerprint density at radius 1 is 0.273 bits per heavy atom. The van der Waals surface area contributed by atoms with Gasteiger partial charge < -0.3 is 0 Å². The van der Waals surface area contributed by atoms with Crippen molar-refractivity contribution in [3.63, 3.8) is 0 Å². The van der Waals surface area contributed by atoms with E-state index in [1.54, 1.807) is 0 Å². The molecule has 0 aromatic rings. The fourth-order valence-electron chi connectivity index (χ4n) is 3.12. The van der Waals surface area contributed by atoms with Gasteiger partial charge in [0.1, 0.15) is 0 Å². The van der Waals surface area contributed by atoms with E-state index < -0.39 is 0 Å². The average Bonchev–Trinajstić information content (AvgIpc) is 3.44. The largest absolute Gasteiger partial charge is 0.0776 e. The number of hydrogen-bond acceptors (Lipinski definition) is 14. The van der Waals surface area contributed by atoms with Crippen LogP contribution in [0.3, 0.4) is 0 Å². The molecule has 14 heteroatoms. The van der Waals surface area contributed by atoms with Crippen molar-refractivity contribution in [3.05, 3.63) is 0 Å². The molecule has 0 saturated heterocycles. The molecule has 0 aliphatic heterocycles. The van der Waals surface area contributed by atoms with E-state index >= 15 is 0 Å². The molecule has 488 valence electrons. The topological polar surface area (TPSA) is 0 Å². The zero-order chi connectivity index (χ0) is 63.6. The van der Waals surface area contributed by atoms with Gasteiger partial charge in [-0.3, -0.25) is 0 Å². The third kappa shape index (κ3) is 173. The van der Waals surface area contributed by atoms with Gasteiger partial charge in [-0.2, -0.15) is 0 Å². The molecule has 0 aromatic carbocycles. The van der Waals surface area contributed by atoms with Gasteiger partial charge in [-0.1, -0.05) is 348 Å². The predicted molar refractivity (Wildman–Crippen MR) is 421 cm³/mol. The second-order valence-corrected chi connectivity index (χ2v) is 21.9. The second kappa shape index (κ2) is 125. The van der Waals surface area contributed by atoms with Crippen molar-refractivity contribution in [1.82, 2.24) is 0 Å². The highest BCUT2D eigenvalue weighted by molar-refractivity contribution is 8.08. The van der Waals surface area contributed by atoms with Crippen molar-refractivity contribution < 1.29 is 0 Å². The van der Waals surface area contributed by atoms with Crippen LogP contribution in [-0.4, -0.2) is 0 Å². The third-order valence-electron chi connectivity index (χ3n) is 14.8. The van der Waals surface area contributed by atoms with Gasteiger partial charge in [0.25, 0.3) is 0 Å². The minimum atomic E-state index is 0. The molecule has 0 rings (SSSR count). The van der Waals surface area contributed by atoms with Gasteiger partial charge in [0.15, 0.2) is 0 Å². The molecule has 4 unspecified atom stereocenters. The van der Waals surface area contributed by atoms with Crippen LogP contribution in [0, 0.1) is 69.5 Å². The molecule has 0 aliphatic rings. The lowest BCUT2D eigenvalue weighted by Gasteiger charge is -2.29. The highest BCUT2D eigenvalue weighted by Crippen LogP contribution is 2.32. The first kappa shape index (κ1) is 139. The molecule has 0 N–H and O–H groups in total. The smallest absolute Gasteiger partial charge is 0 e. The SMILES string of the molecule is C.C.C.C.CCC(C)(C)C(C)C.CCC(C)(C)CC.CCC(C)C.CCC(C)C.CCC(C)C(C)(C)CC.CCC(C)C(C)C.CCC(C)C(C)CC.CCC(C)CC.CCCC.S=S.S=S.S=S.S=S.S=S.S=S.S=S. The first-order chi connectivity index (χ1) is 33.8. The first-order valence-corrected chi connectivity index (χ1v) is 37.3. The average molecular weight is 1360 g/mol. The Morgan fingerprint density at radius 2 is 0.481 bits per heavy atom. The lowest BCUT2D eigenvalue weighted by Crippen LogP contribution is -2.19. The van der Waals surface area contributed by atoms with Gasteiger partial charge in [0, 0.05) is 157 Å². The zero-order valence-electron chi connectivity index (χ0n) is 55.3. The molecule has 0 nitrogen and oxygen atoms in total. The summed E-state index contributed by atoms with van der Waals surface area (Å²) in [6, 6.07) is 0. The maximum atomic E-state index is 3.67. The van der Waals surface area contributed by atoms with Crippen molar-refractivity contribution in [3.8, 4) is 0 Å². The van der Waals surface area contributed by atoms with E-state index in [9.17, 15) is 0 Å². The number of hydrogen-bond donors (Lipinski definition) is 0. The van der Waals surface area contributed by atoms with E-state index in [-0.39, 0.29) is 29.7 Å². The van der Waals surface area contributed by atoms with Crippen LogP contribution in [0.1, 0.15) is 348 Å². The number of unbranched alkanes of at least 4 members (excludes halogenated alkanes) is 1. The molecule has 0 aromatic heterocycles. The molecule has 0 bridgehead atoms. The monoisotopic (exact) mass is 1360 g/mol. The second-order valence-electron chi connectivity index (χ2n) is 21.9. The van der Waals surface area contributed by atoms with Gasteiger partial charge in [0.05, 0.1) is 0 Å². The van der Waals surface area contributed by atoms with Crippen molar-refractivity contribution in [2.24, 2.45) is 69.5 Å². The van der Waals surface area contributed by atoms with Crippen molar-refractivity contribution in [1.29, 1.82) is 0 Å². The molecular weight excluding hydrogens is 1210 g/mol. The lowest BCUT2D eigenvalue weighted by atomic mass is 9.77. The van der Waals surface area contributed by atoms with E-state index in [1.165, 1.54) is 89.9 Å². The third-order valence-corrected chi connectivity index (χ3v) is 14.8. The van der Waals surface area contributed by atoms with Crippen LogP contribution >= 0.6 is 0 Å². The van der Waals surface area contributed by atoms with Gasteiger partial charge in [-0.15, -0.1) is 0 Å². The normalized spacial score (nSPS) is 10.3. The van der Waals surface area contributed by atoms with Gasteiger partial charge in [-0.05, 0) is 69.5 Å². The molecular formula is C63H152S14. The van der Waals surface area contributed by atoms with Crippen LogP contribution < -0.4 is 0 Å². The summed E-state index contributed by atoms with van der Waals surface area (Å²) in [5.74, 6) is 7.98. The van der Waals surface area contributed by atoms with Crippen LogP contribution in [0.5, 0.6) is 0 Å². The highest BCUT2D eigenvalue weighted by Gasteiger charge is 2.21. The molecule has 0 saturated carbocycles. The molecule has 0 heterocycles. The van der Waals surface area contributed by atoms with Crippen molar-refractivity contribution in [2.75, 3.05) is 0 Å². The van der Waals surface area contributed by atoms with Gasteiger partial charge >= 0.3 is 0 Å². The minimum absolute atomic E-state index is 0. The van der Waals surface area contributed by atoms with E-state index in [4.69, 9.17) is 0 Å². The maximum Gasteiger partial charge on any atom is 0 e.